The Hall–Kier alpha value is -1.66. The van der Waals surface area contributed by atoms with Crippen LogP contribution in [-0.4, -0.2) is 48.4 Å². The van der Waals surface area contributed by atoms with Gasteiger partial charge in [0.25, 0.3) is 0 Å². The highest BCUT2D eigenvalue weighted by molar-refractivity contribution is 5.90. The molecule has 0 aromatic heterocycles. The number of halogens is 1. The van der Waals surface area contributed by atoms with Crippen molar-refractivity contribution in [3.05, 3.63) is 29.6 Å². The predicted octanol–water partition coefficient (Wildman–Crippen LogP) is 2.93. The molecule has 2 amide bonds. The lowest BCUT2D eigenvalue weighted by atomic mass is 9.93. The Morgan fingerprint density at radius 1 is 1.43 bits per heavy atom. The van der Waals surface area contributed by atoms with Crippen LogP contribution in [0.3, 0.4) is 0 Å². The summed E-state index contributed by atoms with van der Waals surface area (Å²) in [7, 11) is 0. The van der Waals surface area contributed by atoms with E-state index in [4.69, 9.17) is 9.47 Å². The number of amides is 2. The molecule has 1 aromatic rings. The van der Waals surface area contributed by atoms with Crippen LogP contribution in [0, 0.1) is 12.7 Å². The summed E-state index contributed by atoms with van der Waals surface area (Å²) in [5, 5.41) is 2.71. The molecule has 0 aliphatic carbocycles. The lowest BCUT2D eigenvalue weighted by Gasteiger charge is -2.45. The van der Waals surface area contributed by atoms with E-state index < -0.39 is 11.4 Å². The highest BCUT2D eigenvalue weighted by atomic mass is 19.1. The molecule has 6 heteroatoms. The Balaban J connectivity index is 1.77. The summed E-state index contributed by atoms with van der Waals surface area (Å²) in [6.45, 7) is 7.26. The second kappa shape index (κ2) is 6.09. The summed E-state index contributed by atoms with van der Waals surface area (Å²) >= 11 is 0. The quantitative estimate of drug-likeness (QED) is 0.865. The minimum atomic E-state index is -0.459. The average Bonchev–Trinajstić information content (AvgIpc) is 2.82. The Labute approximate surface area is 135 Å². The molecule has 2 saturated heterocycles. The van der Waals surface area contributed by atoms with Crippen LogP contribution in [0.1, 0.15) is 25.8 Å². The van der Waals surface area contributed by atoms with Crippen LogP contribution < -0.4 is 5.32 Å². The van der Waals surface area contributed by atoms with Crippen LogP contribution >= 0.6 is 0 Å². The number of rotatable bonds is 1. The fourth-order valence-corrected chi connectivity index (χ4v) is 3.43. The molecule has 0 bridgehead atoms. The fourth-order valence-electron chi connectivity index (χ4n) is 3.43. The normalized spacial score (nSPS) is 30.7. The number of para-hydroxylation sites is 1. The Morgan fingerprint density at radius 3 is 2.87 bits per heavy atom. The average molecular weight is 322 g/mol. The maximum Gasteiger partial charge on any atom is 0.322 e. The zero-order valence-electron chi connectivity index (χ0n) is 13.8. The summed E-state index contributed by atoms with van der Waals surface area (Å²) < 4.78 is 25.7. The number of anilines is 1. The number of urea groups is 1. The Morgan fingerprint density at radius 2 is 2.22 bits per heavy atom. The molecule has 3 rings (SSSR count). The topological polar surface area (TPSA) is 50.8 Å². The van der Waals surface area contributed by atoms with Gasteiger partial charge in [-0.05, 0) is 32.4 Å². The molecule has 1 aromatic carbocycles. The van der Waals surface area contributed by atoms with Crippen molar-refractivity contribution in [3.8, 4) is 0 Å². The van der Waals surface area contributed by atoms with Crippen LogP contribution in [0.5, 0.6) is 0 Å². The molecular formula is C17H23FN2O3. The third-order valence-electron chi connectivity index (χ3n) is 4.75. The van der Waals surface area contributed by atoms with Crippen molar-refractivity contribution >= 4 is 11.7 Å². The number of benzene rings is 1. The van der Waals surface area contributed by atoms with Crippen molar-refractivity contribution in [1.29, 1.82) is 0 Å². The van der Waals surface area contributed by atoms with E-state index >= 15 is 0 Å². The molecule has 2 heterocycles. The van der Waals surface area contributed by atoms with Gasteiger partial charge in [-0.25, -0.2) is 9.18 Å². The Bertz CT molecular complexity index is 589. The van der Waals surface area contributed by atoms with Gasteiger partial charge >= 0.3 is 6.03 Å². The predicted molar refractivity (Wildman–Crippen MR) is 85.0 cm³/mol. The molecule has 0 unspecified atom stereocenters. The standard InChI is InChI=1S/C17H23FN2O3/c1-11-5-4-6-14(18)15(11)19-16(21)20-9-12(2)23-17(10-20)7-8-22-13(17)3/h4-6,12-13H,7-10H2,1-3H3,(H,19,21)/t12-,13-,17+/m0/s1. The van der Waals surface area contributed by atoms with Crippen molar-refractivity contribution < 1.29 is 18.7 Å². The number of carbonyl (C=O) groups is 1. The summed E-state index contributed by atoms with van der Waals surface area (Å²) in [4.78, 5) is 14.3. The zero-order chi connectivity index (χ0) is 16.6. The van der Waals surface area contributed by atoms with Crippen molar-refractivity contribution in [2.75, 3.05) is 25.0 Å². The van der Waals surface area contributed by atoms with E-state index in [1.807, 2.05) is 13.8 Å². The minimum absolute atomic E-state index is 0.0595. The van der Waals surface area contributed by atoms with Gasteiger partial charge in [0, 0.05) is 19.6 Å². The summed E-state index contributed by atoms with van der Waals surface area (Å²) in [5.74, 6) is -0.424. The lowest BCUT2D eigenvalue weighted by Crippen LogP contribution is -2.60. The van der Waals surface area contributed by atoms with E-state index in [1.54, 1.807) is 24.0 Å². The molecule has 23 heavy (non-hydrogen) atoms. The molecular weight excluding hydrogens is 299 g/mol. The first-order chi connectivity index (χ1) is 10.9. The highest BCUT2D eigenvalue weighted by Gasteiger charge is 2.48. The molecule has 5 nitrogen and oxygen atoms in total. The molecule has 2 aliphatic rings. The molecule has 0 saturated carbocycles. The highest BCUT2D eigenvalue weighted by Crippen LogP contribution is 2.35. The first-order valence-electron chi connectivity index (χ1n) is 8.02. The van der Waals surface area contributed by atoms with Crippen LogP contribution in [0.4, 0.5) is 14.9 Å². The van der Waals surface area contributed by atoms with Gasteiger partial charge in [-0.1, -0.05) is 12.1 Å². The Kier molecular flexibility index (Phi) is 4.29. The number of aryl methyl sites for hydroxylation is 1. The van der Waals surface area contributed by atoms with E-state index in [0.29, 0.717) is 25.3 Å². The molecule has 3 atom stereocenters. The van der Waals surface area contributed by atoms with Crippen molar-refractivity contribution in [2.24, 2.45) is 0 Å². The maximum atomic E-state index is 13.9. The number of morpholine rings is 1. The molecule has 2 fully saturated rings. The number of nitrogens with one attached hydrogen (secondary N) is 1. The molecule has 1 N–H and O–H groups in total. The van der Waals surface area contributed by atoms with E-state index in [9.17, 15) is 9.18 Å². The molecule has 2 aliphatic heterocycles. The number of nitrogens with zero attached hydrogens (tertiary/aromatic N) is 1. The van der Waals surface area contributed by atoms with E-state index in [0.717, 1.165) is 6.42 Å². The van der Waals surface area contributed by atoms with Crippen LogP contribution in [0.15, 0.2) is 18.2 Å². The number of hydrogen-bond acceptors (Lipinski definition) is 3. The van der Waals surface area contributed by atoms with Gasteiger partial charge in [0.2, 0.25) is 0 Å². The third kappa shape index (κ3) is 3.05. The zero-order valence-corrected chi connectivity index (χ0v) is 13.8. The van der Waals surface area contributed by atoms with E-state index in [1.165, 1.54) is 6.07 Å². The third-order valence-corrected chi connectivity index (χ3v) is 4.75. The smallest absolute Gasteiger partial charge is 0.322 e. The summed E-state index contributed by atoms with van der Waals surface area (Å²) in [5.41, 5.74) is 0.479. The molecule has 126 valence electrons. The van der Waals surface area contributed by atoms with Gasteiger partial charge in [-0.2, -0.15) is 0 Å². The second-order valence-electron chi connectivity index (χ2n) is 6.50. The van der Waals surface area contributed by atoms with Crippen LogP contribution in [-0.2, 0) is 9.47 Å². The fraction of sp³-hybridized carbons (Fsp3) is 0.588. The van der Waals surface area contributed by atoms with E-state index in [2.05, 4.69) is 5.32 Å². The first-order valence-corrected chi connectivity index (χ1v) is 8.02. The number of ether oxygens (including phenoxy) is 2. The van der Waals surface area contributed by atoms with Gasteiger partial charge in [-0.15, -0.1) is 0 Å². The van der Waals surface area contributed by atoms with Crippen molar-refractivity contribution in [2.45, 2.75) is 45.0 Å². The number of hydrogen-bond donors (Lipinski definition) is 1. The molecule has 1 spiro atoms. The summed E-state index contributed by atoms with van der Waals surface area (Å²) in [6.07, 6.45) is 0.622. The number of carbonyl (C=O) groups excluding carboxylic acids is 1. The van der Waals surface area contributed by atoms with Gasteiger partial charge < -0.3 is 19.7 Å². The van der Waals surface area contributed by atoms with Gasteiger partial charge in [0.05, 0.1) is 24.4 Å². The van der Waals surface area contributed by atoms with Gasteiger partial charge in [-0.3, -0.25) is 0 Å². The van der Waals surface area contributed by atoms with Crippen LogP contribution in [0.25, 0.3) is 0 Å². The largest absolute Gasteiger partial charge is 0.375 e. The van der Waals surface area contributed by atoms with Crippen molar-refractivity contribution in [1.82, 2.24) is 4.90 Å². The molecule has 0 radical (unpaired) electrons. The second-order valence-corrected chi connectivity index (χ2v) is 6.50. The summed E-state index contributed by atoms with van der Waals surface area (Å²) in [6, 6.07) is 4.45. The SMILES string of the molecule is Cc1cccc(F)c1NC(=O)N1C[C@H](C)O[C@]2(CCO[C@H]2C)C1. The lowest BCUT2D eigenvalue weighted by molar-refractivity contribution is -0.159. The monoisotopic (exact) mass is 322 g/mol. The van der Waals surface area contributed by atoms with Gasteiger partial charge in [0.15, 0.2) is 0 Å². The van der Waals surface area contributed by atoms with Crippen molar-refractivity contribution in [3.63, 3.8) is 0 Å². The maximum absolute atomic E-state index is 13.9. The first kappa shape index (κ1) is 16.2. The van der Waals surface area contributed by atoms with E-state index in [-0.39, 0.29) is 23.9 Å². The van der Waals surface area contributed by atoms with Gasteiger partial charge in [0.1, 0.15) is 11.4 Å². The minimum Gasteiger partial charge on any atom is -0.375 e. The van der Waals surface area contributed by atoms with Crippen LogP contribution in [0.2, 0.25) is 0 Å².